The Morgan fingerprint density at radius 2 is 1.82 bits per heavy atom. The molecule has 6 heteroatoms. The van der Waals surface area contributed by atoms with Gasteiger partial charge >= 0.3 is 0 Å². The summed E-state index contributed by atoms with van der Waals surface area (Å²) in [5, 5.41) is 0.661. The second-order valence-corrected chi connectivity index (χ2v) is 6.81. The lowest BCUT2D eigenvalue weighted by molar-refractivity contribution is -0.141. The minimum Gasteiger partial charge on any atom is -0.343 e. The second kappa shape index (κ2) is 6.41. The van der Waals surface area contributed by atoms with Gasteiger partial charge in [0.05, 0.1) is 11.8 Å². The van der Waals surface area contributed by atoms with Gasteiger partial charge in [0.1, 0.15) is 0 Å². The Morgan fingerprint density at radius 1 is 1.14 bits per heavy atom. The standard InChI is InChI=1S/C16H21ClN2O3/c17-11-4-5-12-13(10-11)16(22)19(15(12)21)9-6-14(20)18-7-2-1-3-8-18/h4,12-13H,1-3,5-10H2/t12-,13+/m1/s1. The normalized spacial score (nSPS) is 28.7. The summed E-state index contributed by atoms with van der Waals surface area (Å²) >= 11 is 5.99. The summed E-state index contributed by atoms with van der Waals surface area (Å²) in [6.07, 6.45) is 6.31. The number of imide groups is 1. The first-order chi connectivity index (χ1) is 10.6. The molecule has 0 radical (unpaired) electrons. The lowest BCUT2D eigenvalue weighted by Gasteiger charge is -2.27. The lowest BCUT2D eigenvalue weighted by Crippen LogP contribution is -2.39. The Labute approximate surface area is 135 Å². The predicted molar refractivity (Wildman–Crippen MR) is 81.9 cm³/mol. The van der Waals surface area contributed by atoms with Gasteiger partial charge in [-0.05, 0) is 32.1 Å². The zero-order chi connectivity index (χ0) is 15.7. The lowest BCUT2D eigenvalue weighted by atomic mass is 9.85. The van der Waals surface area contributed by atoms with Gasteiger partial charge in [-0.1, -0.05) is 17.7 Å². The fourth-order valence-corrected chi connectivity index (χ4v) is 3.88. The highest BCUT2D eigenvalue weighted by molar-refractivity contribution is 6.30. The van der Waals surface area contributed by atoms with E-state index in [2.05, 4.69) is 0 Å². The van der Waals surface area contributed by atoms with E-state index in [1.807, 2.05) is 11.0 Å². The molecular weight excluding hydrogens is 304 g/mol. The Hall–Kier alpha value is -1.36. The monoisotopic (exact) mass is 324 g/mol. The molecule has 120 valence electrons. The predicted octanol–water partition coefficient (Wildman–Crippen LogP) is 1.91. The first-order valence-corrected chi connectivity index (χ1v) is 8.43. The molecule has 0 bridgehead atoms. The number of hydrogen-bond donors (Lipinski definition) is 0. The van der Waals surface area contributed by atoms with Crippen LogP contribution < -0.4 is 0 Å². The van der Waals surface area contributed by atoms with Crippen LogP contribution in [-0.4, -0.2) is 47.2 Å². The maximum absolute atomic E-state index is 12.4. The number of rotatable bonds is 3. The number of hydrogen-bond acceptors (Lipinski definition) is 3. The van der Waals surface area contributed by atoms with Crippen molar-refractivity contribution in [3.63, 3.8) is 0 Å². The number of piperidine rings is 1. The Balaban J connectivity index is 1.58. The van der Waals surface area contributed by atoms with Gasteiger partial charge in [-0.25, -0.2) is 0 Å². The summed E-state index contributed by atoms with van der Waals surface area (Å²) in [4.78, 5) is 40.0. The van der Waals surface area contributed by atoms with E-state index in [1.54, 1.807) is 0 Å². The van der Waals surface area contributed by atoms with E-state index in [-0.39, 0.29) is 42.5 Å². The van der Waals surface area contributed by atoms with Crippen molar-refractivity contribution in [3.05, 3.63) is 11.1 Å². The molecule has 2 saturated heterocycles. The van der Waals surface area contributed by atoms with Crippen LogP contribution in [0.1, 0.15) is 38.5 Å². The highest BCUT2D eigenvalue weighted by Crippen LogP contribution is 2.38. The molecule has 1 aliphatic carbocycles. The zero-order valence-corrected chi connectivity index (χ0v) is 13.3. The SMILES string of the molecule is O=C(CCN1C(=O)[C@H]2CC(Cl)=CC[C@H]2C1=O)N1CCCCC1. The van der Waals surface area contributed by atoms with Crippen LogP contribution in [0.4, 0.5) is 0 Å². The van der Waals surface area contributed by atoms with Crippen LogP contribution in [0.2, 0.25) is 0 Å². The van der Waals surface area contributed by atoms with E-state index >= 15 is 0 Å². The van der Waals surface area contributed by atoms with E-state index in [9.17, 15) is 14.4 Å². The van der Waals surface area contributed by atoms with Crippen molar-refractivity contribution < 1.29 is 14.4 Å². The topological polar surface area (TPSA) is 57.7 Å². The molecule has 0 saturated carbocycles. The van der Waals surface area contributed by atoms with E-state index in [0.717, 1.165) is 25.9 Å². The largest absolute Gasteiger partial charge is 0.343 e. The zero-order valence-electron chi connectivity index (χ0n) is 12.6. The molecule has 3 aliphatic rings. The van der Waals surface area contributed by atoms with Gasteiger partial charge in [0.15, 0.2) is 0 Å². The molecule has 2 atom stereocenters. The van der Waals surface area contributed by atoms with E-state index < -0.39 is 0 Å². The number of carbonyl (C=O) groups excluding carboxylic acids is 3. The van der Waals surface area contributed by atoms with Crippen LogP contribution in [0.3, 0.4) is 0 Å². The molecule has 0 spiro atoms. The molecule has 0 aromatic carbocycles. The molecule has 3 rings (SSSR count). The summed E-state index contributed by atoms with van der Waals surface area (Å²) in [6.45, 7) is 1.80. The molecule has 2 heterocycles. The van der Waals surface area contributed by atoms with Crippen molar-refractivity contribution in [2.45, 2.75) is 38.5 Å². The summed E-state index contributed by atoms with van der Waals surface area (Å²) in [5.41, 5.74) is 0. The van der Waals surface area contributed by atoms with Gasteiger partial charge in [0.25, 0.3) is 0 Å². The van der Waals surface area contributed by atoms with Crippen molar-refractivity contribution in [2.24, 2.45) is 11.8 Å². The fraction of sp³-hybridized carbons (Fsp3) is 0.688. The van der Waals surface area contributed by atoms with Gasteiger partial charge < -0.3 is 4.90 Å². The Morgan fingerprint density at radius 3 is 2.55 bits per heavy atom. The van der Waals surface area contributed by atoms with Crippen LogP contribution in [0.15, 0.2) is 11.1 Å². The third-order valence-corrected chi connectivity index (χ3v) is 5.23. The molecule has 0 N–H and O–H groups in total. The molecule has 2 fully saturated rings. The van der Waals surface area contributed by atoms with Gasteiger partial charge in [-0.15, -0.1) is 0 Å². The van der Waals surface area contributed by atoms with Crippen LogP contribution in [0.5, 0.6) is 0 Å². The van der Waals surface area contributed by atoms with Crippen molar-refractivity contribution in [1.82, 2.24) is 9.80 Å². The number of amides is 3. The first-order valence-electron chi connectivity index (χ1n) is 8.05. The molecule has 5 nitrogen and oxygen atoms in total. The maximum Gasteiger partial charge on any atom is 0.233 e. The Bertz CT molecular complexity index is 525. The number of halogens is 1. The van der Waals surface area contributed by atoms with Gasteiger partial charge in [-0.2, -0.15) is 0 Å². The van der Waals surface area contributed by atoms with Gasteiger partial charge in [0, 0.05) is 31.1 Å². The van der Waals surface area contributed by atoms with Crippen molar-refractivity contribution in [2.75, 3.05) is 19.6 Å². The van der Waals surface area contributed by atoms with Crippen LogP contribution in [0.25, 0.3) is 0 Å². The van der Waals surface area contributed by atoms with Gasteiger partial charge in [-0.3, -0.25) is 19.3 Å². The minimum absolute atomic E-state index is 0.0475. The third-order valence-electron chi connectivity index (χ3n) is 4.92. The van der Waals surface area contributed by atoms with Crippen LogP contribution in [-0.2, 0) is 14.4 Å². The Kier molecular flexibility index (Phi) is 4.52. The maximum atomic E-state index is 12.4. The van der Waals surface area contributed by atoms with Crippen LogP contribution in [0, 0.1) is 11.8 Å². The number of fused-ring (bicyclic) bond motifs is 1. The number of likely N-dealkylation sites (tertiary alicyclic amines) is 2. The van der Waals surface area contributed by atoms with E-state index in [0.29, 0.717) is 17.9 Å². The van der Waals surface area contributed by atoms with E-state index in [1.165, 1.54) is 11.3 Å². The fourth-order valence-electron chi connectivity index (χ4n) is 3.63. The first kappa shape index (κ1) is 15.5. The molecule has 3 amide bonds. The number of carbonyl (C=O) groups is 3. The molecule has 0 aromatic heterocycles. The molecule has 0 aromatic rings. The average Bonchev–Trinajstić information content (AvgIpc) is 2.77. The van der Waals surface area contributed by atoms with Crippen molar-refractivity contribution in [1.29, 1.82) is 0 Å². The average molecular weight is 325 g/mol. The summed E-state index contributed by atoms with van der Waals surface area (Å²) in [5.74, 6) is -0.851. The molecular formula is C16H21ClN2O3. The van der Waals surface area contributed by atoms with Gasteiger partial charge in [0.2, 0.25) is 17.7 Å². The van der Waals surface area contributed by atoms with Crippen molar-refractivity contribution >= 4 is 29.3 Å². The molecule has 22 heavy (non-hydrogen) atoms. The highest BCUT2D eigenvalue weighted by Gasteiger charge is 2.48. The summed E-state index contributed by atoms with van der Waals surface area (Å²) < 4.78 is 0. The van der Waals surface area contributed by atoms with E-state index in [4.69, 9.17) is 11.6 Å². The number of nitrogens with zero attached hydrogens (tertiary/aromatic N) is 2. The van der Waals surface area contributed by atoms with Crippen LogP contribution >= 0.6 is 11.6 Å². The molecule has 0 unspecified atom stereocenters. The molecule has 2 aliphatic heterocycles. The summed E-state index contributed by atoms with van der Waals surface area (Å²) in [7, 11) is 0. The highest BCUT2D eigenvalue weighted by atomic mass is 35.5. The second-order valence-electron chi connectivity index (χ2n) is 6.32. The smallest absolute Gasteiger partial charge is 0.233 e. The quantitative estimate of drug-likeness (QED) is 0.745. The summed E-state index contributed by atoms with van der Waals surface area (Å²) in [6, 6.07) is 0. The minimum atomic E-state index is -0.324. The third kappa shape index (κ3) is 2.91. The van der Waals surface area contributed by atoms with Crippen molar-refractivity contribution in [3.8, 4) is 0 Å². The number of allylic oxidation sites excluding steroid dienone is 2.